The first-order valence-corrected chi connectivity index (χ1v) is 7.73. The molecule has 0 saturated carbocycles. The monoisotopic (exact) mass is 291 g/mol. The van der Waals surface area contributed by atoms with Crippen LogP contribution in [0.2, 0.25) is 0 Å². The van der Waals surface area contributed by atoms with Crippen molar-refractivity contribution in [3.63, 3.8) is 0 Å². The van der Waals surface area contributed by atoms with E-state index in [0.717, 1.165) is 25.2 Å². The number of carbonyl (C=O) groups excluding carboxylic acids is 1. The van der Waals surface area contributed by atoms with Crippen molar-refractivity contribution >= 4 is 5.91 Å². The molecule has 1 heterocycles. The van der Waals surface area contributed by atoms with Crippen LogP contribution in [0.25, 0.3) is 0 Å². The van der Waals surface area contributed by atoms with E-state index in [2.05, 4.69) is 12.2 Å². The van der Waals surface area contributed by atoms with Crippen molar-refractivity contribution in [2.24, 2.45) is 0 Å². The number of hydrogen-bond acceptors (Lipinski definition) is 3. The summed E-state index contributed by atoms with van der Waals surface area (Å²) in [7, 11) is 0. The molecule has 1 aromatic rings. The third-order valence-corrected chi connectivity index (χ3v) is 3.95. The molecule has 4 heteroatoms. The maximum Gasteiger partial charge on any atom is 0.261 e. The lowest BCUT2D eigenvalue weighted by Crippen LogP contribution is -2.41. The molecule has 1 saturated heterocycles. The third kappa shape index (κ3) is 4.46. The first-order chi connectivity index (χ1) is 10.1. The molecule has 0 aliphatic carbocycles. The molecule has 116 valence electrons. The van der Waals surface area contributed by atoms with E-state index in [1.807, 2.05) is 32.0 Å². The normalized spacial score (nSPS) is 19.3. The van der Waals surface area contributed by atoms with Gasteiger partial charge in [0.25, 0.3) is 5.91 Å². The van der Waals surface area contributed by atoms with Crippen LogP contribution in [0.4, 0.5) is 0 Å². The topological polar surface area (TPSA) is 47.6 Å². The highest BCUT2D eigenvalue weighted by Gasteiger charge is 2.21. The number of aryl methyl sites for hydroxylation is 2. The van der Waals surface area contributed by atoms with Crippen LogP contribution in [0.15, 0.2) is 18.2 Å². The maximum atomic E-state index is 12.2. The van der Waals surface area contributed by atoms with E-state index in [4.69, 9.17) is 9.47 Å². The van der Waals surface area contributed by atoms with E-state index < -0.39 is 6.10 Å². The van der Waals surface area contributed by atoms with Crippen molar-refractivity contribution < 1.29 is 14.3 Å². The Morgan fingerprint density at radius 3 is 2.86 bits per heavy atom. The number of amides is 1. The number of carbonyl (C=O) groups is 1. The third-order valence-electron chi connectivity index (χ3n) is 3.95. The van der Waals surface area contributed by atoms with Gasteiger partial charge in [0.05, 0.1) is 6.10 Å². The van der Waals surface area contributed by atoms with Crippen molar-refractivity contribution in [3.05, 3.63) is 29.3 Å². The van der Waals surface area contributed by atoms with Gasteiger partial charge in [-0.15, -0.1) is 0 Å². The first-order valence-electron chi connectivity index (χ1n) is 7.73. The largest absolute Gasteiger partial charge is 0.481 e. The molecule has 0 bridgehead atoms. The highest BCUT2D eigenvalue weighted by molar-refractivity contribution is 5.81. The van der Waals surface area contributed by atoms with Crippen LogP contribution in [0.1, 0.15) is 37.3 Å². The number of rotatable bonds is 6. The van der Waals surface area contributed by atoms with Gasteiger partial charge < -0.3 is 14.8 Å². The number of hydrogen-bond donors (Lipinski definition) is 1. The van der Waals surface area contributed by atoms with Crippen molar-refractivity contribution in [1.82, 2.24) is 5.32 Å². The van der Waals surface area contributed by atoms with Crippen LogP contribution < -0.4 is 10.1 Å². The Labute approximate surface area is 126 Å². The Bertz CT molecular complexity index is 481. The molecule has 21 heavy (non-hydrogen) atoms. The number of ether oxygens (including phenoxy) is 2. The molecular formula is C17H25NO3. The second kappa shape index (κ2) is 7.46. The van der Waals surface area contributed by atoms with Gasteiger partial charge in [-0.25, -0.2) is 0 Å². The zero-order chi connectivity index (χ0) is 15.2. The fraction of sp³-hybridized carbons (Fsp3) is 0.588. The summed E-state index contributed by atoms with van der Waals surface area (Å²) in [5.74, 6) is 0.684. The highest BCUT2D eigenvalue weighted by atomic mass is 16.5. The van der Waals surface area contributed by atoms with E-state index >= 15 is 0 Å². The van der Waals surface area contributed by atoms with Crippen LogP contribution in [0, 0.1) is 13.8 Å². The van der Waals surface area contributed by atoms with Crippen LogP contribution in [-0.4, -0.2) is 31.3 Å². The smallest absolute Gasteiger partial charge is 0.261 e. The van der Waals surface area contributed by atoms with Crippen LogP contribution >= 0.6 is 0 Å². The molecule has 0 radical (unpaired) electrons. The number of benzene rings is 1. The molecule has 0 spiro atoms. The van der Waals surface area contributed by atoms with Gasteiger partial charge in [0, 0.05) is 13.2 Å². The standard InChI is InChI=1S/C17H25NO3/c1-4-16(17(19)18-11-15-6-5-9-20-15)21-14-8-7-12(2)13(3)10-14/h7-8,10,15-16H,4-6,9,11H2,1-3H3,(H,18,19)/t15-,16+/m1/s1. The van der Waals surface area contributed by atoms with E-state index in [1.54, 1.807) is 0 Å². The van der Waals surface area contributed by atoms with Gasteiger partial charge in [-0.2, -0.15) is 0 Å². The van der Waals surface area contributed by atoms with Gasteiger partial charge in [-0.3, -0.25) is 4.79 Å². The SMILES string of the molecule is CC[C@H](Oc1ccc(C)c(C)c1)C(=O)NC[C@H]1CCCO1. The lowest BCUT2D eigenvalue weighted by Gasteiger charge is -2.19. The van der Waals surface area contributed by atoms with Crippen LogP contribution in [0.3, 0.4) is 0 Å². The summed E-state index contributed by atoms with van der Waals surface area (Å²) in [5, 5.41) is 2.93. The van der Waals surface area contributed by atoms with E-state index in [-0.39, 0.29) is 12.0 Å². The van der Waals surface area contributed by atoms with E-state index in [1.165, 1.54) is 11.1 Å². The van der Waals surface area contributed by atoms with Crippen LogP contribution in [0.5, 0.6) is 5.75 Å². The van der Waals surface area contributed by atoms with Crippen molar-refractivity contribution in [2.75, 3.05) is 13.2 Å². The minimum absolute atomic E-state index is 0.0637. The predicted molar refractivity (Wildman–Crippen MR) is 82.6 cm³/mol. The molecule has 1 aromatic carbocycles. The van der Waals surface area contributed by atoms with Crippen molar-refractivity contribution in [3.8, 4) is 5.75 Å². The summed E-state index contributed by atoms with van der Waals surface area (Å²) in [6.07, 6.45) is 2.46. The highest BCUT2D eigenvalue weighted by Crippen LogP contribution is 2.18. The van der Waals surface area contributed by atoms with Gasteiger partial charge in [-0.05, 0) is 56.4 Å². The molecule has 0 aromatic heterocycles. The average Bonchev–Trinajstić information content (AvgIpc) is 2.99. The Balaban J connectivity index is 1.88. The van der Waals surface area contributed by atoms with Gasteiger partial charge in [0.15, 0.2) is 6.10 Å². The first kappa shape index (κ1) is 15.8. The second-order valence-electron chi connectivity index (χ2n) is 5.64. The zero-order valence-corrected chi connectivity index (χ0v) is 13.1. The van der Waals surface area contributed by atoms with E-state index in [9.17, 15) is 4.79 Å². The molecular weight excluding hydrogens is 266 g/mol. The molecule has 1 aliphatic rings. The minimum Gasteiger partial charge on any atom is -0.481 e. The van der Waals surface area contributed by atoms with Crippen LogP contribution in [-0.2, 0) is 9.53 Å². The van der Waals surface area contributed by atoms with E-state index in [0.29, 0.717) is 13.0 Å². The maximum absolute atomic E-state index is 12.2. The molecule has 2 rings (SSSR count). The zero-order valence-electron chi connectivity index (χ0n) is 13.1. The lowest BCUT2D eigenvalue weighted by atomic mass is 10.1. The van der Waals surface area contributed by atoms with Gasteiger partial charge >= 0.3 is 0 Å². The van der Waals surface area contributed by atoms with Gasteiger partial charge in [-0.1, -0.05) is 13.0 Å². The average molecular weight is 291 g/mol. The Kier molecular flexibility index (Phi) is 5.62. The molecule has 1 N–H and O–H groups in total. The Morgan fingerprint density at radius 1 is 1.43 bits per heavy atom. The molecule has 2 atom stereocenters. The van der Waals surface area contributed by atoms with Crippen molar-refractivity contribution in [1.29, 1.82) is 0 Å². The van der Waals surface area contributed by atoms with Crippen molar-refractivity contribution in [2.45, 2.75) is 52.2 Å². The molecule has 1 amide bonds. The quantitative estimate of drug-likeness (QED) is 0.876. The summed E-state index contributed by atoms with van der Waals surface area (Å²) in [4.78, 5) is 12.2. The molecule has 4 nitrogen and oxygen atoms in total. The Hall–Kier alpha value is -1.55. The molecule has 1 fully saturated rings. The summed E-state index contributed by atoms with van der Waals surface area (Å²) in [5.41, 5.74) is 2.39. The fourth-order valence-corrected chi connectivity index (χ4v) is 2.41. The molecule has 1 aliphatic heterocycles. The van der Waals surface area contributed by atoms with Gasteiger partial charge in [0.1, 0.15) is 5.75 Å². The minimum atomic E-state index is -0.450. The fourth-order valence-electron chi connectivity index (χ4n) is 2.41. The number of nitrogens with one attached hydrogen (secondary N) is 1. The summed E-state index contributed by atoms with van der Waals surface area (Å²) >= 11 is 0. The summed E-state index contributed by atoms with van der Waals surface area (Å²) in [6, 6.07) is 5.91. The Morgan fingerprint density at radius 2 is 2.24 bits per heavy atom. The summed E-state index contributed by atoms with van der Waals surface area (Å²) in [6.45, 7) is 7.44. The van der Waals surface area contributed by atoms with Gasteiger partial charge in [0.2, 0.25) is 0 Å². The predicted octanol–water partition coefficient (Wildman–Crippen LogP) is 2.76. The lowest BCUT2D eigenvalue weighted by molar-refractivity contribution is -0.128. The summed E-state index contributed by atoms with van der Waals surface area (Å²) < 4.78 is 11.3. The molecule has 0 unspecified atom stereocenters. The second-order valence-corrected chi connectivity index (χ2v) is 5.64.